The summed E-state index contributed by atoms with van der Waals surface area (Å²) < 4.78 is 16.6. The van der Waals surface area contributed by atoms with Crippen LogP contribution in [0.5, 0.6) is 0 Å². The van der Waals surface area contributed by atoms with Crippen molar-refractivity contribution in [2.75, 3.05) is 24.9 Å². The molecule has 0 bridgehead atoms. The summed E-state index contributed by atoms with van der Waals surface area (Å²) in [5, 5.41) is 19.2. The van der Waals surface area contributed by atoms with Gasteiger partial charge in [0.05, 0.1) is 0 Å². The smallest absolute Gasteiger partial charge is 0.254 e. The number of hydrogen-bond donors (Lipinski definition) is 4. The Bertz CT molecular complexity index is 1790. The summed E-state index contributed by atoms with van der Waals surface area (Å²) in [5.74, 6) is -1.13. The van der Waals surface area contributed by atoms with Crippen molar-refractivity contribution in [3.05, 3.63) is 120 Å². The van der Waals surface area contributed by atoms with Crippen molar-refractivity contribution >= 4 is 35.0 Å². The van der Waals surface area contributed by atoms with Gasteiger partial charge in [-0.05, 0) is 73.5 Å². The lowest BCUT2D eigenvalue weighted by molar-refractivity contribution is -0.134. The molecule has 5 rings (SSSR count). The molecule has 0 fully saturated rings. The van der Waals surface area contributed by atoms with Gasteiger partial charge in [-0.2, -0.15) is 0 Å². The molecule has 4 aromatic carbocycles. The molecule has 4 amide bonds. The fraction of sp³-hybridized carbons (Fsp3) is 0.211. The summed E-state index contributed by atoms with van der Waals surface area (Å²) in [7, 11) is 2.87. The van der Waals surface area contributed by atoms with Crippen molar-refractivity contribution in [3.63, 3.8) is 0 Å². The van der Waals surface area contributed by atoms with Crippen LogP contribution in [-0.2, 0) is 28.7 Å². The molecular weight excluding hydrogens is 652 g/mol. The minimum Gasteiger partial charge on any atom is -0.416 e. The molecule has 4 N–H and O–H groups in total. The van der Waals surface area contributed by atoms with Crippen molar-refractivity contribution < 1.29 is 33.1 Å². The highest BCUT2D eigenvalue weighted by Crippen LogP contribution is 2.26. The molecule has 51 heavy (non-hydrogen) atoms. The zero-order chi connectivity index (χ0) is 36.3. The van der Waals surface area contributed by atoms with E-state index in [9.17, 15) is 19.2 Å². The molecule has 2 unspecified atom stereocenters. The number of nitrogens with zero attached hydrogens (tertiary/aromatic N) is 2. The van der Waals surface area contributed by atoms with E-state index in [2.05, 4.69) is 31.5 Å². The molecule has 0 saturated heterocycles. The maximum absolute atomic E-state index is 12.8. The summed E-state index contributed by atoms with van der Waals surface area (Å²) in [6.45, 7) is 3.18. The minimum atomic E-state index is -0.844. The highest BCUT2D eigenvalue weighted by Gasteiger charge is 2.25. The van der Waals surface area contributed by atoms with Gasteiger partial charge in [-0.1, -0.05) is 60.7 Å². The zero-order valence-corrected chi connectivity index (χ0v) is 28.5. The van der Waals surface area contributed by atoms with Crippen LogP contribution in [0.1, 0.15) is 37.2 Å². The number of amides is 4. The van der Waals surface area contributed by atoms with Crippen LogP contribution in [0.15, 0.2) is 114 Å². The average molecular weight is 691 g/mol. The number of carbonyl (C=O) groups excluding carboxylic acids is 4. The van der Waals surface area contributed by atoms with E-state index >= 15 is 0 Å². The van der Waals surface area contributed by atoms with Crippen LogP contribution in [0.4, 0.5) is 11.4 Å². The second-order valence-electron chi connectivity index (χ2n) is 11.6. The van der Waals surface area contributed by atoms with Crippen LogP contribution in [0.3, 0.4) is 0 Å². The first-order valence-corrected chi connectivity index (χ1v) is 16.1. The molecule has 1 heterocycles. The lowest BCUT2D eigenvalue weighted by Gasteiger charge is -2.19. The fourth-order valence-electron chi connectivity index (χ4n) is 5.10. The van der Waals surface area contributed by atoms with Gasteiger partial charge in [0, 0.05) is 36.7 Å². The molecule has 13 heteroatoms. The number of methoxy groups -OCH3 is 2. The van der Waals surface area contributed by atoms with E-state index in [1.165, 1.54) is 14.2 Å². The van der Waals surface area contributed by atoms with E-state index in [1.807, 2.05) is 36.4 Å². The van der Waals surface area contributed by atoms with E-state index in [0.717, 1.165) is 0 Å². The van der Waals surface area contributed by atoms with Crippen molar-refractivity contribution in [1.82, 2.24) is 20.8 Å². The number of nitrogens with one attached hydrogen (secondary N) is 4. The van der Waals surface area contributed by atoms with Gasteiger partial charge in [-0.3, -0.25) is 19.2 Å². The van der Waals surface area contributed by atoms with Crippen LogP contribution in [0.2, 0.25) is 0 Å². The van der Waals surface area contributed by atoms with Crippen LogP contribution in [-0.4, -0.2) is 60.1 Å². The normalized spacial score (nSPS) is 13.3. The van der Waals surface area contributed by atoms with E-state index in [1.54, 1.807) is 86.6 Å². The third-order valence-electron chi connectivity index (χ3n) is 7.88. The van der Waals surface area contributed by atoms with E-state index in [0.29, 0.717) is 33.6 Å². The zero-order valence-electron chi connectivity index (χ0n) is 28.5. The number of ether oxygens (including phenoxy) is 2. The highest BCUT2D eigenvalue weighted by atomic mass is 16.5. The quantitative estimate of drug-likeness (QED) is 0.124. The highest BCUT2D eigenvalue weighted by molar-refractivity contribution is 5.98. The number of hydrogen-bond acceptors (Lipinski definition) is 9. The lowest BCUT2D eigenvalue weighted by atomic mass is 10.1. The Morgan fingerprint density at radius 2 is 0.882 bits per heavy atom. The molecule has 5 aromatic rings. The van der Waals surface area contributed by atoms with Gasteiger partial charge in [0.2, 0.25) is 23.6 Å². The lowest BCUT2D eigenvalue weighted by Crippen LogP contribution is -2.44. The SMILES string of the molecule is COC(C(=O)N[C@@H](C)C(=O)Nc1ccc(-c2nnc(-c3ccc(NC(=O)[C@H](C)NC(=O)C(OC)c4ccccc4)cc3)o2)cc1)c1ccccc1. The van der Waals surface area contributed by atoms with Gasteiger partial charge in [0.25, 0.3) is 11.8 Å². The Balaban J connectivity index is 1.12. The number of rotatable bonds is 14. The van der Waals surface area contributed by atoms with Crippen LogP contribution >= 0.6 is 0 Å². The summed E-state index contributed by atoms with van der Waals surface area (Å²) in [6.07, 6.45) is -1.69. The van der Waals surface area contributed by atoms with E-state index in [-0.39, 0.29) is 11.8 Å². The second kappa shape index (κ2) is 17.0. The predicted octanol–water partition coefficient (Wildman–Crippen LogP) is 5.07. The van der Waals surface area contributed by atoms with E-state index < -0.39 is 47.9 Å². The molecular formula is C38H38N6O7. The Morgan fingerprint density at radius 3 is 1.22 bits per heavy atom. The Hall–Kier alpha value is -6.18. The van der Waals surface area contributed by atoms with E-state index in [4.69, 9.17) is 13.9 Å². The third kappa shape index (κ3) is 9.29. The van der Waals surface area contributed by atoms with Crippen molar-refractivity contribution in [3.8, 4) is 22.9 Å². The van der Waals surface area contributed by atoms with Crippen LogP contribution in [0, 0.1) is 0 Å². The Kier molecular flexibility index (Phi) is 12.0. The standard InChI is InChI=1S/C38H38N6O7/c1-23(39-35(47)31(49-3)25-11-7-5-8-12-25)33(45)41-29-19-15-27(16-20-29)37-43-44-38(51-37)28-17-21-30(22-18-28)42-34(46)24(2)40-36(48)32(50-4)26-13-9-6-10-14-26/h5-24,31-32H,1-4H3,(H,39,47)(H,40,48)(H,41,45)(H,42,46)/t23-,24-,31?,32?/m0/s1. The minimum absolute atomic E-state index is 0.266. The molecule has 4 atom stereocenters. The maximum Gasteiger partial charge on any atom is 0.254 e. The maximum atomic E-state index is 12.8. The summed E-state index contributed by atoms with van der Waals surface area (Å²) in [4.78, 5) is 51.1. The largest absolute Gasteiger partial charge is 0.416 e. The molecule has 262 valence electrons. The Labute approximate surface area is 294 Å². The van der Waals surface area contributed by atoms with Crippen LogP contribution < -0.4 is 21.3 Å². The van der Waals surface area contributed by atoms with Crippen LogP contribution in [0.25, 0.3) is 22.9 Å². The predicted molar refractivity (Wildman–Crippen MR) is 190 cm³/mol. The molecule has 1 aromatic heterocycles. The number of anilines is 2. The molecule has 0 aliphatic carbocycles. The number of aromatic nitrogens is 2. The average Bonchev–Trinajstić information content (AvgIpc) is 3.64. The van der Waals surface area contributed by atoms with Gasteiger partial charge in [0.15, 0.2) is 12.2 Å². The molecule has 13 nitrogen and oxygen atoms in total. The first-order chi connectivity index (χ1) is 24.7. The number of benzene rings is 4. The van der Waals surface area contributed by atoms with Gasteiger partial charge < -0.3 is 35.2 Å². The topological polar surface area (TPSA) is 174 Å². The summed E-state index contributed by atoms with van der Waals surface area (Å²) >= 11 is 0. The number of carbonyl (C=O) groups is 4. The molecule has 0 radical (unpaired) electrons. The third-order valence-corrected chi connectivity index (χ3v) is 7.88. The van der Waals surface area contributed by atoms with Gasteiger partial charge >= 0.3 is 0 Å². The molecule has 0 saturated carbocycles. The Morgan fingerprint density at radius 1 is 0.529 bits per heavy atom. The first-order valence-electron chi connectivity index (χ1n) is 16.1. The van der Waals surface area contributed by atoms with Crippen molar-refractivity contribution in [2.45, 2.75) is 38.1 Å². The molecule has 0 spiro atoms. The second-order valence-corrected chi connectivity index (χ2v) is 11.6. The molecule has 0 aliphatic heterocycles. The fourth-order valence-corrected chi connectivity index (χ4v) is 5.10. The first kappa shape index (κ1) is 36.1. The summed E-state index contributed by atoms with van der Waals surface area (Å²) in [6, 6.07) is 30.0. The molecule has 0 aliphatic rings. The van der Waals surface area contributed by atoms with Gasteiger partial charge in [-0.15, -0.1) is 10.2 Å². The monoisotopic (exact) mass is 690 g/mol. The van der Waals surface area contributed by atoms with Crippen molar-refractivity contribution in [1.29, 1.82) is 0 Å². The summed E-state index contributed by atoms with van der Waals surface area (Å²) in [5.41, 5.74) is 3.64. The van der Waals surface area contributed by atoms with Gasteiger partial charge in [0.1, 0.15) is 12.1 Å². The van der Waals surface area contributed by atoms with Crippen molar-refractivity contribution in [2.24, 2.45) is 0 Å². The van der Waals surface area contributed by atoms with Gasteiger partial charge in [-0.25, -0.2) is 0 Å².